The van der Waals surface area contributed by atoms with E-state index in [0.29, 0.717) is 6.61 Å². The lowest BCUT2D eigenvalue weighted by atomic mass is 10.1. The lowest BCUT2D eigenvalue weighted by Crippen LogP contribution is -2.49. The molecule has 3 aromatic rings. The molecule has 2 aromatic carbocycles. The molecule has 1 unspecified atom stereocenters. The third-order valence-electron chi connectivity index (χ3n) is 5.92. The van der Waals surface area contributed by atoms with E-state index < -0.39 is 0 Å². The highest BCUT2D eigenvalue weighted by atomic mass is 35.5. The van der Waals surface area contributed by atoms with Gasteiger partial charge in [-0.3, -0.25) is 9.69 Å². The van der Waals surface area contributed by atoms with Gasteiger partial charge in [0.2, 0.25) is 0 Å². The van der Waals surface area contributed by atoms with Crippen molar-refractivity contribution in [3.8, 4) is 0 Å². The molecule has 0 radical (unpaired) electrons. The average Bonchev–Trinajstić information content (AvgIpc) is 3.23. The van der Waals surface area contributed by atoms with E-state index in [9.17, 15) is 4.79 Å². The van der Waals surface area contributed by atoms with Gasteiger partial charge in [-0.2, -0.15) is 0 Å². The molecular weight excluding hydrogens is 440 g/mol. The molecule has 1 amide bonds. The quantitative estimate of drug-likeness (QED) is 0.443. The fraction of sp³-hybridized carbons (Fsp3) is 0.346. The second-order valence-electron chi connectivity index (χ2n) is 8.37. The van der Waals surface area contributed by atoms with Gasteiger partial charge in [0.05, 0.1) is 17.6 Å². The maximum Gasteiger partial charge on any atom is 0.264 e. The molecular formula is C26H29ClN2O2S. The fourth-order valence-corrected chi connectivity index (χ4v) is 5.05. The molecule has 2 heterocycles. The zero-order valence-electron chi connectivity index (χ0n) is 18.6. The Labute approximate surface area is 199 Å². The first-order chi connectivity index (χ1) is 15.5. The summed E-state index contributed by atoms with van der Waals surface area (Å²) >= 11 is 7.64. The van der Waals surface area contributed by atoms with Crippen molar-refractivity contribution in [2.45, 2.75) is 26.6 Å². The number of halogens is 1. The molecule has 1 aliphatic rings. The molecule has 32 heavy (non-hydrogen) atoms. The number of benzene rings is 2. The minimum Gasteiger partial charge on any atom is -0.368 e. The lowest BCUT2D eigenvalue weighted by molar-refractivity contribution is 0.00346. The van der Waals surface area contributed by atoms with Crippen molar-refractivity contribution >= 4 is 28.8 Å². The summed E-state index contributed by atoms with van der Waals surface area (Å²) in [5.74, 6) is 0.155. The fourth-order valence-electron chi connectivity index (χ4n) is 4.03. The van der Waals surface area contributed by atoms with Crippen LogP contribution in [0.4, 0.5) is 0 Å². The summed E-state index contributed by atoms with van der Waals surface area (Å²) < 4.78 is 6.40. The largest absolute Gasteiger partial charge is 0.368 e. The van der Waals surface area contributed by atoms with Crippen LogP contribution in [0.1, 0.15) is 38.0 Å². The summed E-state index contributed by atoms with van der Waals surface area (Å²) in [6.07, 6.45) is -0.0606. The first kappa shape index (κ1) is 23.0. The third-order valence-corrected chi connectivity index (χ3v) is 7.17. The highest BCUT2D eigenvalue weighted by Gasteiger charge is 2.26. The van der Waals surface area contributed by atoms with Gasteiger partial charge >= 0.3 is 0 Å². The van der Waals surface area contributed by atoms with Crippen LogP contribution in [-0.4, -0.2) is 48.4 Å². The summed E-state index contributed by atoms with van der Waals surface area (Å²) in [6.45, 7) is 8.60. The zero-order valence-corrected chi connectivity index (χ0v) is 20.2. The first-order valence-electron chi connectivity index (χ1n) is 11.0. The average molecular weight is 469 g/mol. The van der Waals surface area contributed by atoms with Crippen LogP contribution in [0.5, 0.6) is 0 Å². The number of hydrogen-bond acceptors (Lipinski definition) is 4. The molecule has 1 atom stereocenters. The summed E-state index contributed by atoms with van der Waals surface area (Å²) in [4.78, 5) is 18.1. The predicted molar refractivity (Wildman–Crippen MR) is 132 cm³/mol. The molecule has 6 heteroatoms. The Hall–Kier alpha value is -2.18. The Morgan fingerprint density at radius 1 is 1.06 bits per heavy atom. The minimum absolute atomic E-state index is 0.0606. The first-order valence-corrected chi connectivity index (χ1v) is 12.2. The van der Waals surface area contributed by atoms with Gasteiger partial charge in [0.15, 0.2) is 0 Å². The number of aryl methyl sites for hydroxylation is 2. The molecule has 0 N–H and O–H groups in total. The molecule has 1 aliphatic heterocycles. The molecule has 168 valence electrons. The summed E-state index contributed by atoms with van der Waals surface area (Å²) in [7, 11) is 0. The van der Waals surface area contributed by atoms with E-state index in [-0.39, 0.29) is 12.0 Å². The molecule has 0 bridgehead atoms. The second kappa shape index (κ2) is 10.6. The Morgan fingerprint density at radius 3 is 2.47 bits per heavy atom. The van der Waals surface area contributed by atoms with Crippen LogP contribution >= 0.6 is 22.9 Å². The van der Waals surface area contributed by atoms with Gasteiger partial charge in [0.1, 0.15) is 0 Å². The SMILES string of the molecule is Cc1cccc(COC(CN2CCN(C(=O)c3sccc3C)CC2)c2ccc(Cl)cc2)c1. The zero-order chi connectivity index (χ0) is 22.5. The van der Waals surface area contributed by atoms with Crippen LogP contribution in [0, 0.1) is 13.8 Å². The number of carbonyl (C=O) groups is 1. The molecule has 0 saturated carbocycles. The normalized spacial score (nSPS) is 15.7. The molecule has 4 nitrogen and oxygen atoms in total. The number of thiophene rings is 1. The van der Waals surface area contributed by atoms with Crippen molar-refractivity contribution in [3.05, 3.63) is 92.1 Å². The van der Waals surface area contributed by atoms with Crippen LogP contribution in [0.2, 0.25) is 5.02 Å². The van der Waals surface area contributed by atoms with E-state index in [1.807, 2.05) is 47.5 Å². The van der Waals surface area contributed by atoms with Crippen LogP contribution in [0.3, 0.4) is 0 Å². The van der Waals surface area contributed by atoms with Crippen molar-refractivity contribution in [2.24, 2.45) is 0 Å². The Kier molecular flexibility index (Phi) is 7.63. The van der Waals surface area contributed by atoms with Crippen LogP contribution in [0.15, 0.2) is 60.0 Å². The number of hydrogen-bond donors (Lipinski definition) is 0. The van der Waals surface area contributed by atoms with Crippen LogP contribution in [0.25, 0.3) is 0 Å². The molecule has 0 aliphatic carbocycles. The number of piperazine rings is 1. The van der Waals surface area contributed by atoms with Crippen LogP contribution in [-0.2, 0) is 11.3 Å². The smallest absolute Gasteiger partial charge is 0.264 e. The van der Waals surface area contributed by atoms with Gasteiger partial charge in [-0.25, -0.2) is 0 Å². The number of ether oxygens (including phenoxy) is 1. The maximum absolute atomic E-state index is 12.8. The van der Waals surface area contributed by atoms with Gasteiger partial charge in [0.25, 0.3) is 5.91 Å². The van der Waals surface area contributed by atoms with Crippen molar-refractivity contribution in [2.75, 3.05) is 32.7 Å². The van der Waals surface area contributed by atoms with Gasteiger partial charge in [-0.05, 0) is 54.1 Å². The van der Waals surface area contributed by atoms with E-state index in [1.54, 1.807) is 0 Å². The van der Waals surface area contributed by atoms with E-state index in [1.165, 1.54) is 22.5 Å². The summed E-state index contributed by atoms with van der Waals surface area (Å²) in [5, 5.41) is 2.71. The molecule has 1 fully saturated rings. The third kappa shape index (κ3) is 5.78. The highest BCUT2D eigenvalue weighted by Crippen LogP contribution is 2.24. The maximum atomic E-state index is 12.8. The topological polar surface area (TPSA) is 32.8 Å². The van der Waals surface area contributed by atoms with E-state index in [0.717, 1.165) is 53.8 Å². The Bertz CT molecular complexity index is 1040. The van der Waals surface area contributed by atoms with E-state index in [2.05, 4.69) is 36.1 Å². The Morgan fingerprint density at radius 2 is 1.81 bits per heavy atom. The standard InChI is InChI=1S/C26H29ClN2O2S/c1-19-4-3-5-21(16-19)18-31-24(22-6-8-23(27)9-7-22)17-28-11-13-29(14-12-28)26(30)25-20(2)10-15-32-25/h3-10,15-16,24H,11-14,17-18H2,1-2H3. The van der Waals surface area contributed by atoms with Crippen molar-refractivity contribution in [3.63, 3.8) is 0 Å². The number of amides is 1. The monoisotopic (exact) mass is 468 g/mol. The van der Waals surface area contributed by atoms with E-state index >= 15 is 0 Å². The van der Waals surface area contributed by atoms with Crippen molar-refractivity contribution in [1.82, 2.24) is 9.80 Å². The van der Waals surface area contributed by atoms with Crippen molar-refractivity contribution < 1.29 is 9.53 Å². The molecule has 4 rings (SSSR count). The van der Waals surface area contributed by atoms with Gasteiger partial charge < -0.3 is 9.64 Å². The van der Waals surface area contributed by atoms with E-state index in [4.69, 9.17) is 16.3 Å². The second-order valence-corrected chi connectivity index (χ2v) is 9.72. The van der Waals surface area contributed by atoms with Gasteiger partial charge in [-0.1, -0.05) is 53.6 Å². The van der Waals surface area contributed by atoms with Gasteiger partial charge in [-0.15, -0.1) is 11.3 Å². The number of carbonyl (C=O) groups excluding carboxylic acids is 1. The minimum atomic E-state index is -0.0606. The lowest BCUT2D eigenvalue weighted by Gasteiger charge is -2.36. The molecule has 0 spiro atoms. The van der Waals surface area contributed by atoms with Gasteiger partial charge in [0, 0.05) is 37.7 Å². The predicted octanol–water partition coefficient (Wildman–Crippen LogP) is 5.73. The molecule has 1 saturated heterocycles. The highest BCUT2D eigenvalue weighted by molar-refractivity contribution is 7.12. The van der Waals surface area contributed by atoms with Crippen LogP contribution < -0.4 is 0 Å². The molecule has 1 aromatic heterocycles. The van der Waals surface area contributed by atoms with Crippen molar-refractivity contribution in [1.29, 1.82) is 0 Å². The Balaban J connectivity index is 1.39. The summed E-state index contributed by atoms with van der Waals surface area (Å²) in [5.41, 5.74) is 4.59. The summed E-state index contributed by atoms with van der Waals surface area (Å²) in [6, 6.07) is 18.4. The number of rotatable bonds is 7. The number of nitrogens with zero attached hydrogens (tertiary/aromatic N) is 2.